The summed E-state index contributed by atoms with van der Waals surface area (Å²) in [5.74, 6) is 1.37. The Balaban J connectivity index is 1.67. The van der Waals surface area contributed by atoms with Crippen molar-refractivity contribution in [3.05, 3.63) is 64.0 Å². The van der Waals surface area contributed by atoms with Crippen molar-refractivity contribution in [1.29, 1.82) is 0 Å². The number of aryl methyl sites for hydroxylation is 2. The van der Waals surface area contributed by atoms with Crippen molar-refractivity contribution >= 4 is 28.7 Å². The first-order chi connectivity index (χ1) is 13.5. The summed E-state index contributed by atoms with van der Waals surface area (Å²) in [7, 11) is 0. The lowest BCUT2D eigenvalue weighted by Gasteiger charge is -2.11. The van der Waals surface area contributed by atoms with Crippen molar-refractivity contribution in [3.63, 3.8) is 0 Å². The number of ether oxygens (including phenoxy) is 2. The van der Waals surface area contributed by atoms with Crippen LogP contribution in [0.5, 0.6) is 11.5 Å². The van der Waals surface area contributed by atoms with Gasteiger partial charge in [0.2, 0.25) is 18.4 Å². The van der Waals surface area contributed by atoms with Crippen LogP contribution in [0.1, 0.15) is 11.1 Å². The zero-order valence-electron chi connectivity index (χ0n) is 15.2. The van der Waals surface area contributed by atoms with E-state index in [1.807, 2.05) is 32.0 Å². The molecule has 2 heterocycles. The predicted octanol–water partition coefficient (Wildman–Crippen LogP) is 4.22. The number of hydrogen-bond donors (Lipinski definition) is 2. The molecule has 0 saturated carbocycles. The van der Waals surface area contributed by atoms with Gasteiger partial charge in [0.25, 0.3) is 0 Å². The second-order valence-corrected chi connectivity index (χ2v) is 6.29. The number of nitro groups is 1. The fraction of sp³-hybridized carbons (Fsp3) is 0.158. The molecule has 0 bridgehead atoms. The third kappa shape index (κ3) is 3.37. The van der Waals surface area contributed by atoms with Crippen LogP contribution in [0.25, 0.3) is 0 Å². The molecule has 2 N–H and O–H groups in total. The van der Waals surface area contributed by atoms with Crippen molar-refractivity contribution in [2.24, 2.45) is 0 Å². The molecule has 9 heteroatoms. The van der Waals surface area contributed by atoms with E-state index in [4.69, 9.17) is 9.47 Å². The van der Waals surface area contributed by atoms with E-state index in [0.29, 0.717) is 22.9 Å². The third-order valence-electron chi connectivity index (χ3n) is 4.41. The molecule has 4 rings (SSSR count). The molecule has 0 radical (unpaired) electrons. The highest BCUT2D eigenvalue weighted by atomic mass is 16.7. The molecule has 28 heavy (non-hydrogen) atoms. The summed E-state index contributed by atoms with van der Waals surface area (Å²) in [5, 5.41) is 17.7. The number of anilines is 4. The Morgan fingerprint density at radius 2 is 1.57 bits per heavy atom. The van der Waals surface area contributed by atoms with Crippen molar-refractivity contribution < 1.29 is 14.4 Å². The highest BCUT2D eigenvalue weighted by Crippen LogP contribution is 2.37. The Bertz CT molecular complexity index is 1070. The predicted molar refractivity (Wildman–Crippen MR) is 104 cm³/mol. The average Bonchev–Trinajstić information content (AvgIpc) is 3.12. The Kier molecular flexibility index (Phi) is 4.40. The summed E-state index contributed by atoms with van der Waals surface area (Å²) in [6.45, 7) is 4.12. The summed E-state index contributed by atoms with van der Waals surface area (Å²) in [6.07, 6.45) is 1.27. The molecule has 0 fully saturated rings. The first-order valence-electron chi connectivity index (χ1n) is 8.51. The summed E-state index contributed by atoms with van der Waals surface area (Å²) in [5.41, 5.74) is 3.24. The molecule has 0 atom stereocenters. The first kappa shape index (κ1) is 17.5. The van der Waals surface area contributed by atoms with Gasteiger partial charge in [0.1, 0.15) is 6.33 Å². The zero-order chi connectivity index (χ0) is 19.7. The van der Waals surface area contributed by atoms with Crippen molar-refractivity contribution in [1.82, 2.24) is 9.97 Å². The van der Waals surface area contributed by atoms with Crippen LogP contribution >= 0.6 is 0 Å². The van der Waals surface area contributed by atoms with Gasteiger partial charge in [-0.1, -0.05) is 6.07 Å². The van der Waals surface area contributed by atoms with Crippen LogP contribution < -0.4 is 20.1 Å². The maximum Gasteiger partial charge on any atom is 0.353 e. The molecule has 3 aromatic rings. The molecule has 2 aromatic carbocycles. The minimum absolute atomic E-state index is 0.0743. The number of nitrogens with zero attached hydrogens (tertiary/aromatic N) is 3. The second kappa shape index (κ2) is 7.03. The standard InChI is InChI=1S/C19H17N5O4/c1-11-3-4-13(7-12(11)2)22-18-17(24(25)26)19(21-9-20-18)23-14-5-6-15-16(8-14)28-10-27-15/h3-9H,10H2,1-2H3,(H2,20,21,22,23). The van der Waals surface area contributed by atoms with Gasteiger partial charge in [-0.15, -0.1) is 0 Å². The molecule has 0 aliphatic carbocycles. The second-order valence-electron chi connectivity index (χ2n) is 6.29. The van der Waals surface area contributed by atoms with Gasteiger partial charge in [-0.3, -0.25) is 10.1 Å². The average molecular weight is 379 g/mol. The molecule has 0 spiro atoms. The molecular formula is C19H17N5O4. The lowest BCUT2D eigenvalue weighted by molar-refractivity contribution is -0.383. The summed E-state index contributed by atoms with van der Waals surface area (Å²) < 4.78 is 10.6. The number of fused-ring (bicyclic) bond motifs is 1. The van der Waals surface area contributed by atoms with Crippen molar-refractivity contribution in [3.8, 4) is 11.5 Å². The summed E-state index contributed by atoms with van der Waals surface area (Å²) in [6, 6.07) is 10.9. The summed E-state index contributed by atoms with van der Waals surface area (Å²) >= 11 is 0. The molecule has 142 valence electrons. The van der Waals surface area contributed by atoms with Gasteiger partial charge in [0.05, 0.1) is 4.92 Å². The first-order valence-corrected chi connectivity index (χ1v) is 8.51. The molecule has 9 nitrogen and oxygen atoms in total. The fourth-order valence-electron chi connectivity index (χ4n) is 2.80. The fourth-order valence-corrected chi connectivity index (χ4v) is 2.80. The van der Waals surface area contributed by atoms with E-state index in [1.165, 1.54) is 6.33 Å². The summed E-state index contributed by atoms with van der Waals surface area (Å²) in [4.78, 5) is 19.3. The van der Waals surface area contributed by atoms with E-state index in [1.54, 1.807) is 18.2 Å². The van der Waals surface area contributed by atoms with E-state index in [9.17, 15) is 10.1 Å². The monoisotopic (exact) mass is 379 g/mol. The number of benzene rings is 2. The molecule has 0 saturated heterocycles. The lowest BCUT2D eigenvalue weighted by atomic mass is 10.1. The molecular weight excluding hydrogens is 362 g/mol. The molecule has 1 aliphatic rings. The number of aromatic nitrogens is 2. The Hall–Kier alpha value is -3.88. The highest BCUT2D eigenvalue weighted by molar-refractivity contribution is 5.77. The van der Waals surface area contributed by atoms with Gasteiger partial charge in [-0.2, -0.15) is 0 Å². The van der Waals surface area contributed by atoms with Crippen LogP contribution in [0.4, 0.5) is 28.7 Å². The van der Waals surface area contributed by atoms with Gasteiger partial charge in [0, 0.05) is 17.4 Å². The van der Waals surface area contributed by atoms with Crippen LogP contribution in [0.3, 0.4) is 0 Å². The van der Waals surface area contributed by atoms with Crippen LogP contribution in [-0.2, 0) is 0 Å². The van der Waals surface area contributed by atoms with E-state index in [2.05, 4.69) is 20.6 Å². The minimum atomic E-state index is -0.515. The van der Waals surface area contributed by atoms with Crippen LogP contribution in [0.15, 0.2) is 42.7 Å². The van der Waals surface area contributed by atoms with Crippen LogP contribution in [-0.4, -0.2) is 21.7 Å². The zero-order valence-corrected chi connectivity index (χ0v) is 15.2. The molecule has 1 aliphatic heterocycles. The van der Waals surface area contributed by atoms with Gasteiger partial charge < -0.3 is 20.1 Å². The van der Waals surface area contributed by atoms with E-state index >= 15 is 0 Å². The Morgan fingerprint density at radius 1 is 0.929 bits per heavy atom. The SMILES string of the molecule is Cc1ccc(Nc2ncnc(Nc3ccc4c(c3)OCO4)c2[N+](=O)[O-])cc1C. The van der Waals surface area contributed by atoms with Crippen LogP contribution in [0.2, 0.25) is 0 Å². The molecule has 0 unspecified atom stereocenters. The third-order valence-corrected chi connectivity index (χ3v) is 4.41. The number of hydrogen-bond acceptors (Lipinski definition) is 8. The van der Waals surface area contributed by atoms with Gasteiger partial charge in [-0.05, 0) is 49.2 Å². The largest absolute Gasteiger partial charge is 0.454 e. The molecule has 0 amide bonds. The maximum atomic E-state index is 11.7. The van der Waals surface area contributed by atoms with Crippen molar-refractivity contribution in [2.75, 3.05) is 17.4 Å². The lowest BCUT2D eigenvalue weighted by Crippen LogP contribution is -2.05. The number of nitrogens with one attached hydrogen (secondary N) is 2. The normalized spacial score (nSPS) is 11.9. The van der Waals surface area contributed by atoms with E-state index < -0.39 is 4.92 Å². The highest BCUT2D eigenvalue weighted by Gasteiger charge is 2.24. The van der Waals surface area contributed by atoms with E-state index in [0.717, 1.165) is 11.1 Å². The smallest absolute Gasteiger partial charge is 0.353 e. The van der Waals surface area contributed by atoms with E-state index in [-0.39, 0.29) is 24.1 Å². The van der Waals surface area contributed by atoms with Gasteiger partial charge in [0.15, 0.2) is 11.5 Å². The quantitative estimate of drug-likeness (QED) is 0.501. The van der Waals surface area contributed by atoms with Gasteiger partial charge >= 0.3 is 5.69 Å². The Labute approximate surface area is 160 Å². The van der Waals surface area contributed by atoms with Gasteiger partial charge in [-0.25, -0.2) is 9.97 Å². The van der Waals surface area contributed by atoms with Crippen molar-refractivity contribution in [2.45, 2.75) is 13.8 Å². The van der Waals surface area contributed by atoms with Crippen LogP contribution in [0, 0.1) is 24.0 Å². The number of rotatable bonds is 5. The minimum Gasteiger partial charge on any atom is -0.454 e. The maximum absolute atomic E-state index is 11.7. The topological polar surface area (TPSA) is 111 Å². The molecule has 1 aromatic heterocycles. The Morgan fingerprint density at radius 3 is 2.25 bits per heavy atom.